The summed E-state index contributed by atoms with van der Waals surface area (Å²) in [6, 6.07) is 50.7. The Bertz CT molecular complexity index is 1770. The number of anilines is 3. The minimum Gasteiger partial charge on any atom is -0.310 e. The average Bonchev–Trinajstić information content (AvgIpc) is 2.98. The molecular weight excluding hydrogens is 458 g/mol. The molecule has 0 fully saturated rings. The first kappa shape index (κ1) is 22.6. The molecule has 7 rings (SSSR count). The predicted octanol–water partition coefficient (Wildman–Crippen LogP) is 10.3. The van der Waals surface area contributed by atoms with E-state index in [-0.39, 0.29) is 5.41 Å². The molecule has 6 aromatic carbocycles. The maximum absolute atomic E-state index is 2.43. The van der Waals surface area contributed by atoms with Gasteiger partial charge in [0.1, 0.15) is 0 Å². The van der Waals surface area contributed by atoms with Crippen LogP contribution >= 0.6 is 0 Å². The van der Waals surface area contributed by atoms with Crippen molar-refractivity contribution in [3.8, 4) is 22.3 Å². The van der Waals surface area contributed by atoms with Crippen LogP contribution < -0.4 is 4.90 Å². The minimum atomic E-state index is -0.115. The number of para-hydroxylation sites is 1. The number of rotatable bonds is 3. The van der Waals surface area contributed by atoms with Crippen LogP contribution in [0.15, 0.2) is 140 Å². The van der Waals surface area contributed by atoms with Crippen LogP contribution in [0.4, 0.5) is 17.1 Å². The van der Waals surface area contributed by atoms with E-state index in [1.807, 2.05) is 0 Å². The van der Waals surface area contributed by atoms with Crippen LogP contribution in [-0.4, -0.2) is 0 Å². The molecule has 0 aromatic heterocycles. The minimum absolute atomic E-state index is 0.115. The SMILES string of the molecule is CC1(C)c2ccccc2N(c2ccc(-c3cccc4ccccc34)cc2)c2ccc(-c3ccccc3)cc21. The maximum atomic E-state index is 2.43. The van der Waals surface area contributed by atoms with Crippen LogP contribution in [0, 0.1) is 0 Å². The lowest BCUT2D eigenvalue weighted by Gasteiger charge is -2.42. The van der Waals surface area contributed by atoms with Crippen molar-refractivity contribution in [2.45, 2.75) is 19.3 Å². The molecule has 1 aliphatic heterocycles. The fourth-order valence-corrected chi connectivity index (χ4v) is 6.06. The van der Waals surface area contributed by atoms with Gasteiger partial charge in [-0.3, -0.25) is 0 Å². The van der Waals surface area contributed by atoms with E-state index in [2.05, 4.69) is 158 Å². The molecule has 0 radical (unpaired) electrons. The Kier molecular flexibility index (Phi) is 5.19. The molecule has 0 N–H and O–H groups in total. The molecule has 0 spiro atoms. The van der Waals surface area contributed by atoms with Crippen molar-refractivity contribution < 1.29 is 0 Å². The largest absolute Gasteiger partial charge is 0.310 e. The van der Waals surface area contributed by atoms with E-state index in [9.17, 15) is 0 Å². The Morgan fingerprint density at radius 2 is 1.13 bits per heavy atom. The van der Waals surface area contributed by atoms with Gasteiger partial charge in [-0.15, -0.1) is 0 Å². The second-order valence-electron chi connectivity index (χ2n) is 10.6. The molecule has 0 atom stereocenters. The highest BCUT2D eigenvalue weighted by Crippen LogP contribution is 2.52. The number of fused-ring (bicyclic) bond motifs is 3. The highest BCUT2D eigenvalue weighted by Gasteiger charge is 2.36. The van der Waals surface area contributed by atoms with Crippen LogP contribution in [0.5, 0.6) is 0 Å². The molecule has 0 aliphatic carbocycles. The molecule has 0 bridgehead atoms. The van der Waals surface area contributed by atoms with Crippen LogP contribution in [0.25, 0.3) is 33.0 Å². The lowest BCUT2D eigenvalue weighted by molar-refractivity contribution is 0.632. The smallest absolute Gasteiger partial charge is 0.0503 e. The van der Waals surface area contributed by atoms with Crippen molar-refractivity contribution in [1.29, 1.82) is 0 Å². The Labute approximate surface area is 224 Å². The third-order valence-electron chi connectivity index (χ3n) is 8.06. The van der Waals surface area contributed by atoms with Crippen molar-refractivity contribution in [2.24, 2.45) is 0 Å². The van der Waals surface area contributed by atoms with Gasteiger partial charge in [0.05, 0.1) is 11.4 Å². The first-order chi connectivity index (χ1) is 18.6. The van der Waals surface area contributed by atoms with E-state index in [0.717, 1.165) is 0 Å². The van der Waals surface area contributed by atoms with Gasteiger partial charge < -0.3 is 4.90 Å². The van der Waals surface area contributed by atoms with Gasteiger partial charge >= 0.3 is 0 Å². The molecule has 0 amide bonds. The van der Waals surface area contributed by atoms with E-state index in [0.29, 0.717) is 0 Å². The molecule has 0 saturated heterocycles. The zero-order chi connectivity index (χ0) is 25.7. The van der Waals surface area contributed by atoms with E-state index in [1.165, 1.54) is 61.2 Å². The quantitative estimate of drug-likeness (QED) is 0.240. The maximum Gasteiger partial charge on any atom is 0.0503 e. The average molecular weight is 488 g/mol. The summed E-state index contributed by atoms with van der Waals surface area (Å²) in [5.41, 5.74) is 11.2. The summed E-state index contributed by atoms with van der Waals surface area (Å²) in [6.45, 7) is 4.70. The molecule has 1 aliphatic rings. The third-order valence-corrected chi connectivity index (χ3v) is 8.06. The summed E-state index contributed by atoms with van der Waals surface area (Å²) >= 11 is 0. The van der Waals surface area contributed by atoms with Crippen molar-refractivity contribution in [3.05, 3.63) is 151 Å². The standard InChI is InChI=1S/C37H29N/c1-37(2)33-17-8-9-18-35(33)38(36-24-21-29(25-34(36)37)26-11-4-3-5-12-26)30-22-19-28(20-23-30)32-16-10-14-27-13-6-7-15-31(27)32/h3-25H,1-2H3. The Balaban J connectivity index is 1.37. The zero-order valence-electron chi connectivity index (χ0n) is 21.7. The highest BCUT2D eigenvalue weighted by atomic mass is 15.2. The Hall–Kier alpha value is -4.62. The molecule has 1 heterocycles. The highest BCUT2D eigenvalue weighted by molar-refractivity contribution is 5.97. The van der Waals surface area contributed by atoms with Crippen LogP contribution in [0.3, 0.4) is 0 Å². The molecular formula is C37H29N. The molecule has 0 saturated carbocycles. The van der Waals surface area contributed by atoms with Gasteiger partial charge in [0.2, 0.25) is 0 Å². The number of nitrogens with zero attached hydrogens (tertiary/aromatic N) is 1. The topological polar surface area (TPSA) is 3.24 Å². The monoisotopic (exact) mass is 487 g/mol. The van der Waals surface area contributed by atoms with Gasteiger partial charge in [-0.2, -0.15) is 0 Å². The lowest BCUT2D eigenvalue weighted by atomic mass is 9.73. The second-order valence-corrected chi connectivity index (χ2v) is 10.6. The lowest BCUT2D eigenvalue weighted by Crippen LogP contribution is -2.30. The molecule has 1 nitrogen and oxygen atoms in total. The number of hydrogen-bond acceptors (Lipinski definition) is 1. The summed E-state index contributed by atoms with van der Waals surface area (Å²) in [5.74, 6) is 0. The second kappa shape index (κ2) is 8.75. The fraction of sp³-hybridized carbons (Fsp3) is 0.0811. The van der Waals surface area contributed by atoms with Crippen molar-refractivity contribution >= 4 is 27.8 Å². The van der Waals surface area contributed by atoms with E-state index >= 15 is 0 Å². The Morgan fingerprint density at radius 1 is 0.474 bits per heavy atom. The van der Waals surface area contributed by atoms with Gasteiger partial charge in [0.25, 0.3) is 0 Å². The van der Waals surface area contributed by atoms with Crippen molar-refractivity contribution in [1.82, 2.24) is 0 Å². The van der Waals surface area contributed by atoms with Crippen molar-refractivity contribution in [3.63, 3.8) is 0 Å². The summed E-state index contributed by atoms with van der Waals surface area (Å²) in [6.07, 6.45) is 0. The van der Waals surface area contributed by atoms with E-state index in [1.54, 1.807) is 0 Å². The molecule has 6 aromatic rings. The molecule has 0 unspecified atom stereocenters. The van der Waals surface area contributed by atoms with Crippen LogP contribution in [0.1, 0.15) is 25.0 Å². The molecule has 38 heavy (non-hydrogen) atoms. The van der Waals surface area contributed by atoms with Gasteiger partial charge in [-0.25, -0.2) is 0 Å². The van der Waals surface area contributed by atoms with E-state index in [4.69, 9.17) is 0 Å². The Morgan fingerprint density at radius 3 is 1.97 bits per heavy atom. The van der Waals surface area contributed by atoms with Gasteiger partial charge in [-0.1, -0.05) is 123 Å². The number of hydrogen-bond donors (Lipinski definition) is 0. The zero-order valence-corrected chi connectivity index (χ0v) is 21.7. The van der Waals surface area contributed by atoms with Crippen LogP contribution in [-0.2, 0) is 5.41 Å². The first-order valence-electron chi connectivity index (χ1n) is 13.3. The third kappa shape index (κ3) is 3.55. The summed E-state index contributed by atoms with van der Waals surface area (Å²) in [7, 11) is 0. The summed E-state index contributed by atoms with van der Waals surface area (Å²) < 4.78 is 0. The normalized spacial score (nSPS) is 13.7. The van der Waals surface area contributed by atoms with Gasteiger partial charge in [-0.05, 0) is 74.5 Å². The van der Waals surface area contributed by atoms with E-state index < -0.39 is 0 Å². The fourth-order valence-electron chi connectivity index (χ4n) is 6.06. The van der Waals surface area contributed by atoms with Crippen LogP contribution in [0.2, 0.25) is 0 Å². The summed E-state index contributed by atoms with van der Waals surface area (Å²) in [4.78, 5) is 2.43. The van der Waals surface area contributed by atoms with Crippen molar-refractivity contribution in [2.75, 3.05) is 4.90 Å². The first-order valence-corrected chi connectivity index (χ1v) is 13.3. The number of benzene rings is 6. The molecule has 1 heteroatoms. The summed E-state index contributed by atoms with van der Waals surface area (Å²) in [5, 5.41) is 2.55. The van der Waals surface area contributed by atoms with Gasteiger partial charge in [0, 0.05) is 11.1 Å². The van der Waals surface area contributed by atoms with Gasteiger partial charge in [0.15, 0.2) is 0 Å². The molecule has 182 valence electrons. The predicted molar refractivity (Wildman–Crippen MR) is 162 cm³/mol.